The molecule has 25 heavy (non-hydrogen) atoms. The van der Waals surface area contributed by atoms with Gasteiger partial charge in [0, 0.05) is 10.0 Å². The molecule has 5 nitrogen and oxygen atoms in total. The van der Waals surface area contributed by atoms with Crippen molar-refractivity contribution in [3.05, 3.63) is 52.5 Å². The Morgan fingerprint density at radius 2 is 1.96 bits per heavy atom. The Balaban J connectivity index is 0.00000312. The molecule has 0 radical (unpaired) electrons. The lowest BCUT2D eigenvalue weighted by molar-refractivity contribution is -0.0504. The number of nitrogens with zero attached hydrogens (tertiary/aromatic N) is 1. The average molecular weight is 528 g/mol. The van der Waals surface area contributed by atoms with Crippen LogP contribution in [0.4, 0.5) is 14.5 Å². The van der Waals surface area contributed by atoms with Gasteiger partial charge >= 0.3 is 6.61 Å². The molecule has 3 N–H and O–H groups in total. The lowest BCUT2D eigenvalue weighted by Crippen LogP contribution is -2.23. The number of halogens is 4. The van der Waals surface area contributed by atoms with Crippen LogP contribution in [0.1, 0.15) is 5.56 Å². The summed E-state index contributed by atoms with van der Waals surface area (Å²) in [5.74, 6) is 0.796. The summed E-state index contributed by atoms with van der Waals surface area (Å²) in [5, 5.41) is 2.91. The van der Waals surface area contributed by atoms with E-state index < -0.39 is 6.61 Å². The molecule has 0 aliphatic heterocycles. The van der Waals surface area contributed by atoms with Gasteiger partial charge in [-0.3, -0.25) is 0 Å². The standard InChI is InChI=1S/C16H16BrF2N3O2.HI/c1-23-14-5-3-2-4-12(14)22-16(20)21-9-10-8-11(17)6-7-13(10)24-15(18)19;/h2-8,15H,9H2,1H3,(H3,20,21,22);1H. The van der Waals surface area contributed by atoms with Crippen LogP contribution in [0.15, 0.2) is 51.9 Å². The zero-order valence-electron chi connectivity index (χ0n) is 13.2. The molecule has 9 heteroatoms. The number of guanidine groups is 1. The first-order valence-corrected chi connectivity index (χ1v) is 7.72. The largest absolute Gasteiger partial charge is 0.495 e. The van der Waals surface area contributed by atoms with Crippen LogP contribution < -0.4 is 20.5 Å². The van der Waals surface area contributed by atoms with Crippen molar-refractivity contribution in [3.63, 3.8) is 0 Å². The average Bonchev–Trinajstić information content (AvgIpc) is 2.55. The third-order valence-corrected chi connectivity index (χ3v) is 3.52. The molecule has 136 valence electrons. The summed E-state index contributed by atoms with van der Waals surface area (Å²) in [7, 11) is 1.54. The zero-order chi connectivity index (χ0) is 17.5. The van der Waals surface area contributed by atoms with Crippen LogP contribution >= 0.6 is 39.9 Å². The van der Waals surface area contributed by atoms with E-state index in [9.17, 15) is 8.78 Å². The minimum atomic E-state index is -2.90. The summed E-state index contributed by atoms with van der Waals surface area (Å²) >= 11 is 3.29. The van der Waals surface area contributed by atoms with Crippen LogP contribution in [0, 0.1) is 0 Å². The van der Waals surface area contributed by atoms with Crippen LogP contribution in [0.3, 0.4) is 0 Å². The zero-order valence-corrected chi connectivity index (χ0v) is 17.1. The molecule has 0 atom stereocenters. The van der Waals surface area contributed by atoms with E-state index in [0.717, 1.165) is 4.47 Å². The first-order chi connectivity index (χ1) is 11.5. The molecule has 2 rings (SSSR count). The number of hydrogen-bond acceptors (Lipinski definition) is 3. The van der Waals surface area contributed by atoms with E-state index in [2.05, 4.69) is 31.0 Å². The van der Waals surface area contributed by atoms with E-state index in [1.807, 2.05) is 12.1 Å². The van der Waals surface area contributed by atoms with E-state index in [1.54, 1.807) is 31.4 Å². The van der Waals surface area contributed by atoms with Crippen molar-refractivity contribution in [1.29, 1.82) is 0 Å². The third kappa shape index (κ3) is 6.65. The molecule has 0 fully saturated rings. The number of rotatable bonds is 6. The first kappa shape index (κ1) is 21.4. The molecule has 0 amide bonds. The van der Waals surface area contributed by atoms with Gasteiger partial charge in [-0.15, -0.1) is 24.0 Å². The molecular weight excluding hydrogens is 511 g/mol. The van der Waals surface area contributed by atoms with Crippen molar-refractivity contribution < 1.29 is 18.3 Å². The molecule has 0 aromatic heterocycles. The second-order valence-corrected chi connectivity index (χ2v) is 5.57. The fourth-order valence-electron chi connectivity index (χ4n) is 1.98. The number of methoxy groups -OCH3 is 1. The molecule has 0 heterocycles. The fraction of sp³-hybridized carbons (Fsp3) is 0.188. The van der Waals surface area contributed by atoms with Gasteiger partial charge in [0.2, 0.25) is 0 Å². The van der Waals surface area contributed by atoms with Gasteiger partial charge in [-0.05, 0) is 30.3 Å². The lowest BCUT2D eigenvalue weighted by atomic mass is 10.2. The Bertz CT molecular complexity index is 732. The predicted octanol–water partition coefficient (Wildman–Crippen LogP) is 4.60. The van der Waals surface area contributed by atoms with Gasteiger partial charge in [0.1, 0.15) is 11.5 Å². The van der Waals surface area contributed by atoms with Gasteiger partial charge in [-0.25, -0.2) is 4.99 Å². The molecule has 0 saturated heterocycles. The SMILES string of the molecule is COc1ccccc1NC(N)=NCc1cc(Br)ccc1OC(F)F.I. The molecule has 0 bridgehead atoms. The Labute approximate surface area is 169 Å². The third-order valence-electron chi connectivity index (χ3n) is 3.03. The van der Waals surface area contributed by atoms with E-state index in [-0.39, 0.29) is 42.2 Å². The fourth-order valence-corrected chi connectivity index (χ4v) is 2.39. The van der Waals surface area contributed by atoms with Gasteiger partial charge in [-0.1, -0.05) is 28.1 Å². The predicted molar refractivity (Wildman–Crippen MR) is 108 cm³/mol. The lowest BCUT2D eigenvalue weighted by Gasteiger charge is -2.12. The number of nitrogens with two attached hydrogens (primary N) is 1. The molecule has 2 aromatic rings. The van der Waals surface area contributed by atoms with E-state index in [1.165, 1.54) is 6.07 Å². The Morgan fingerprint density at radius 1 is 1.24 bits per heavy atom. The number of nitrogens with one attached hydrogen (secondary N) is 1. The Kier molecular flexibility index (Phi) is 8.90. The van der Waals surface area contributed by atoms with Crippen LogP contribution in [0.5, 0.6) is 11.5 Å². The number of ether oxygens (including phenoxy) is 2. The summed E-state index contributed by atoms with van der Waals surface area (Å²) < 4.78 is 35.3. The van der Waals surface area contributed by atoms with Crippen molar-refractivity contribution in [2.45, 2.75) is 13.2 Å². The second kappa shape index (κ2) is 10.4. The van der Waals surface area contributed by atoms with Gasteiger partial charge in [0.15, 0.2) is 5.96 Å². The highest BCUT2D eigenvalue weighted by atomic mass is 127. The smallest absolute Gasteiger partial charge is 0.387 e. The van der Waals surface area contributed by atoms with E-state index in [4.69, 9.17) is 10.5 Å². The minimum absolute atomic E-state index is 0. The van der Waals surface area contributed by atoms with Crippen molar-refractivity contribution in [2.24, 2.45) is 10.7 Å². The van der Waals surface area contributed by atoms with Crippen molar-refractivity contribution in [3.8, 4) is 11.5 Å². The molecule has 2 aromatic carbocycles. The maximum Gasteiger partial charge on any atom is 0.387 e. The number of para-hydroxylation sites is 2. The van der Waals surface area contributed by atoms with E-state index in [0.29, 0.717) is 17.0 Å². The summed E-state index contributed by atoms with van der Waals surface area (Å²) in [4.78, 5) is 4.16. The summed E-state index contributed by atoms with van der Waals surface area (Å²) in [6.07, 6.45) is 0. The Morgan fingerprint density at radius 3 is 2.64 bits per heavy atom. The number of aliphatic imine (C=N–C) groups is 1. The number of anilines is 1. The van der Waals surface area contributed by atoms with Gasteiger partial charge in [0.25, 0.3) is 0 Å². The molecule has 0 unspecified atom stereocenters. The van der Waals surface area contributed by atoms with Crippen LogP contribution in [0.2, 0.25) is 0 Å². The maximum absolute atomic E-state index is 12.5. The van der Waals surface area contributed by atoms with Crippen molar-refractivity contribution in [2.75, 3.05) is 12.4 Å². The van der Waals surface area contributed by atoms with Gasteiger partial charge in [-0.2, -0.15) is 8.78 Å². The quantitative estimate of drug-likeness (QED) is 0.327. The molecule has 0 spiro atoms. The van der Waals surface area contributed by atoms with Gasteiger partial charge in [0.05, 0.1) is 19.3 Å². The highest BCUT2D eigenvalue weighted by Crippen LogP contribution is 2.26. The summed E-state index contributed by atoms with van der Waals surface area (Å²) in [5.41, 5.74) is 6.98. The van der Waals surface area contributed by atoms with Crippen LogP contribution in [-0.4, -0.2) is 19.7 Å². The monoisotopic (exact) mass is 527 g/mol. The minimum Gasteiger partial charge on any atom is -0.495 e. The highest BCUT2D eigenvalue weighted by Gasteiger charge is 2.10. The molecule has 0 aliphatic carbocycles. The van der Waals surface area contributed by atoms with Crippen LogP contribution in [0.25, 0.3) is 0 Å². The normalized spacial score (nSPS) is 11.0. The van der Waals surface area contributed by atoms with Gasteiger partial charge < -0.3 is 20.5 Å². The summed E-state index contributed by atoms with van der Waals surface area (Å²) in [6.45, 7) is -2.83. The second-order valence-electron chi connectivity index (χ2n) is 4.66. The first-order valence-electron chi connectivity index (χ1n) is 6.93. The topological polar surface area (TPSA) is 68.9 Å². The van der Waals surface area contributed by atoms with Crippen molar-refractivity contribution >= 4 is 51.6 Å². The van der Waals surface area contributed by atoms with Crippen LogP contribution in [-0.2, 0) is 6.54 Å². The Hall–Kier alpha value is -1.62. The highest BCUT2D eigenvalue weighted by molar-refractivity contribution is 14.0. The number of hydrogen-bond donors (Lipinski definition) is 2. The molecular formula is C16H17BrF2IN3O2. The van der Waals surface area contributed by atoms with E-state index >= 15 is 0 Å². The van der Waals surface area contributed by atoms with Crippen molar-refractivity contribution in [1.82, 2.24) is 0 Å². The summed E-state index contributed by atoms with van der Waals surface area (Å²) in [6, 6.07) is 11.9. The molecule has 0 aliphatic rings. The molecule has 0 saturated carbocycles. The number of alkyl halides is 2. The maximum atomic E-state index is 12.5. The number of benzene rings is 2.